The van der Waals surface area contributed by atoms with E-state index in [0.717, 1.165) is 17.2 Å². The van der Waals surface area contributed by atoms with Crippen LogP contribution in [0, 0.1) is 0 Å². The van der Waals surface area contributed by atoms with Crippen molar-refractivity contribution < 1.29 is 9.53 Å². The number of hydrogen-bond donors (Lipinski definition) is 1. The van der Waals surface area contributed by atoms with Crippen LogP contribution in [0.2, 0.25) is 0 Å². The standard InChI is InChI=1S/C18H21N5O2/c1-18(2,3)25-17(24)21-12-9-15-22-16-13(7-6-11-20-16)23(15)14-8-4-5-10-19-14/h4-8,10-11H,9,12H2,1-3H3,(H,21,24). The molecule has 0 aliphatic heterocycles. The van der Waals surface area contributed by atoms with Gasteiger partial charge in [-0.2, -0.15) is 0 Å². The molecular formula is C18H21N5O2. The highest BCUT2D eigenvalue weighted by molar-refractivity contribution is 5.73. The lowest BCUT2D eigenvalue weighted by atomic mass is 10.2. The fourth-order valence-electron chi connectivity index (χ4n) is 2.46. The highest BCUT2D eigenvalue weighted by Crippen LogP contribution is 2.18. The summed E-state index contributed by atoms with van der Waals surface area (Å²) >= 11 is 0. The average molecular weight is 339 g/mol. The molecule has 0 aliphatic carbocycles. The summed E-state index contributed by atoms with van der Waals surface area (Å²) in [5.74, 6) is 1.55. The van der Waals surface area contributed by atoms with E-state index in [1.165, 1.54) is 0 Å². The molecule has 3 aromatic rings. The maximum atomic E-state index is 11.8. The lowest BCUT2D eigenvalue weighted by molar-refractivity contribution is 0.0528. The number of imidazole rings is 1. The van der Waals surface area contributed by atoms with Crippen molar-refractivity contribution in [2.45, 2.75) is 32.8 Å². The fourth-order valence-corrected chi connectivity index (χ4v) is 2.46. The highest BCUT2D eigenvalue weighted by atomic mass is 16.6. The van der Waals surface area contributed by atoms with Crippen molar-refractivity contribution >= 4 is 17.3 Å². The van der Waals surface area contributed by atoms with Gasteiger partial charge < -0.3 is 10.1 Å². The Morgan fingerprint density at radius 3 is 2.68 bits per heavy atom. The van der Waals surface area contributed by atoms with Gasteiger partial charge in [-0.05, 0) is 45.0 Å². The monoisotopic (exact) mass is 339 g/mol. The summed E-state index contributed by atoms with van der Waals surface area (Å²) in [5, 5.41) is 2.76. The molecule has 0 aliphatic rings. The Morgan fingerprint density at radius 2 is 1.96 bits per heavy atom. The number of amides is 1. The number of hydrogen-bond acceptors (Lipinski definition) is 5. The van der Waals surface area contributed by atoms with Crippen molar-refractivity contribution in [3.05, 3.63) is 48.5 Å². The number of nitrogens with zero attached hydrogens (tertiary/aromatic N) is 4. The maximum absolute atomic E-state index is 11.8. The SMILES string of the molecule is CC(C)(C)OC(=O)NCCc1nc2ncccc2n1-c1ccccn1. The third kappa shape index (κ3) is 4.12. The van der Waals surface area contributed by atoms with E-state index in [0.29, 0.717) is 18.6 Å². The van der Waals surface area contributed by atoms with E-state index >= 15 is 0 Å². The second-order valence-corrected chi connectivity index (χ2v) is 6.58. The molecule has 0 aromatic carbocycles. The van der Waals surface area contributed by atoms with Gasteiger partial charge in [-0.25, -0.2) is 19.7 Å². The largest absolute Gasteiger partial charge is 0.444 e. The van der Waals surface area contributed by atoms with Crippen LogP contribution in [0.25, 0.3) is 17.0 Å². The van der Waals surface area contributed by atoms with Crippen molar-refractivity contribution in [3.63, 3.8) is 0 Å². The second kappa shape index (κ2) is 6.88. The molecule has 3 rings (SSSR count). The van der Waals surface area contributed by atoms with Crippen LogP contribution in [0.3, 0.4) is 0 Å². The van der Waals surface area contributed by atoms with Gasteiger partial charge in [-0.1, -0.05) is 6.07 Å². The third-order valence-electron chi connectivity index (χ3n) is 3.40. The van der Waals surface area contributed by atoms with E-state index < -0.39 is 11.7 Å². The van der Waals surface area contributed by atoms with Gasteiger partial charge in [0.2, 0.25) is 0 Å². The number of ether oxygens (including phenoxy) is 1. The topological polar surface area (TPSA) is 81.9 Å². The number of rotatable bonds is 4. The van der Waals surface area contributed by atoms with E-state index in [2.05, 4.69) is 20.3 Å². The molecule has 0 fully saturated rings. The van der Waals surface area contributed by atoms with Gasteiger partial charge in [0, 0.05) is 25.4 Å². The lowest BCUT2D eigenvalue weighted by Crippen LogP contribution is -2.33. The molecule has 1 amide bonds. The van der Waals surface area contributed by atoms with Crippen molar-refractivity contribution in [2.24, 2.45) is 0 Å². The summed E-state index contributed by atoms with van der Waals surface area (Å²) in [6.07, 6.45) is 3.54. The summed E-state index contributed by atoms with van der Waals surface area (Å²) < 4.78 is 7.20. The Kier molecular flexibility index (Phi) is 4.65. The highest BCUT2D eigenvalue weighted by Gasteiger charge is 2.17. The van der Waals surface area contributed by atoms with Gasteiger partial charge in [0.25, 0.3) is 0 Å². The van der Waals surface area contributed by atoms with Crippen molar-refractivity contribution in [2.75, 3.05) is 6.54 Å². The first-order valence-electron chi connectivity index (χ1n) is 8.15. The molecule has 3 heterocycles. The number of aromatic nitrogens is 4. The van der Waals surface area contributed by atoms with Crippen LogP contribution in [-0.2, 0) is 11.2 Å². The molecule has 1 N–H and O–H groups in total. The molecule has 0 saturated heterocycles. The minimum atomic E-state index is -0.519. The minimum Gasteiger partial charge on any atom is -0.444 e. The van der Waals surface area contributed by atoms with Gasteiger partial charge in [0.05, 0.1) is 5.52 Å². The summed E-state index contributed by atoms with van der Waals surface area (Å²) in [5.41, 5.74) is 1.02. The molecule has 7 nitrogen and oxygen atoms in total. The third-order valence-corrected chi connectivity index (χ3v) is 3.40. The Bertz CT molecular complexity index is 868. The Balaban J connectivity index is 1.81. The summed E-state index contributed by atoms with van der Waals surface area (Å²) in [6, 6.07) is 9.53. The summed E-state index contributed by atoms with van der Waals surface area (Å²) in [7, 11) is 0. The fraction of sp³-hybridized carbons (Fsp3) is 0.333. The number of carbonyl (C=O) groups is 1. The van der Waals surface area contributed by atoms with Crippen LogP contribution in [0.5, 0.6) is 0 Å². The quantitative estimate of drug-likeness (QED) is 0.790. The number of nitrogens with one attached hydrogen (secondary N) is 1. The van der Waals surface area contributed by atoms with Gasteiger partial charge in [-0.3, -0.25) is 4.57 Å². The van der Waals surface area contributed by atoms with Crippen molar-refractivity contribution in [1.82, 2.24) is 24.8 Å². The Labute approximate surface area is 146 Å². The zero-order valence-corrected chi connectivity index (χ0v) is 14.6. The molecular weight excluding hydrogens is 318 g/mol. The van der Waals surface area contributed by atoms with E-state index in [1.54, 1.807) is 12.4 Å². The molecule has 0 bridgehead atoms. The number of pyridine rings is 2. The molecule has 3 aromatic heterocycles. The maximum Gasteiger partial charge on any atom is 0.407 e. The van der Waals surface area contributed by atoms with Crippen LogP contribution in [0.4, 0.5) is 4.79 Å². The molecule has 130 valence electrons. The predicted molar refractivity (Wildman–Crippen MR) is 94.6 cm³/mol. The first-order chi connectivity index (χ1) is 11.9. The number of carbonyl (C=O) groups excluding carboxylic acids is 1. The smallest absolute Gasteiger partial charge is 0.407 e. The van der Waals surface area contributed by atoms with Gasteiger partial charge in [-0.15, -0.1) is 0 Å². The molecule has 0 radical (unpaired) electrons. The van der Waals surface area contributed by atoms with E-state index in [9.17, 15) is 4.79 Å². The van der Waals surface area contributed by atoms with E-state index in [-0.39, 0.29) is 0 Å². The van der Waals surface area contributed by atoms with Crippen LogP contribution in [0.1, 0.15) is 26.6 Å². The van der Waals surface area contributed by atoms with Gasteiger partial charge in [0.1, 0.15) is 17.2 Å². The number of alkyl carbamates (subject to hydrolysis) is 1. The normalized spacial score (nSPS) is 11.5. The first kappa shape index (κ1) is 16.9. The minimum absolute atomic E-state index is 0.408. The summed E-state index contributed by atoms with van der Waals surface area (Å²) in [6.45, 7) is 5.90. The van der Waals surface area contributed by atoms with Crippen LogP contribution < -0.4 is 5.32 Å². The van der Waals surface area contributed by atoms with Gasteiger partial charge >= 0.3 is 6.09 Å². The molecule has 0 saturated carbocycles. The van der Waals surface area contributed by atoms with Crippen molar-refractivity contribution in [1.29, 1.82) is 0 Å². The Hall–Kier alpha value is -2.96. The van der Waals surface area contributed by atoms with E-state index in [4.69, 9.17) is 4.74 Å². The van der Waals surface area contributed by atoms with Crippen LogP contribution in [0.15, 0.2) is 42.7 Å². The van der Waals surface area contributed by atoms with Crippen LogP contribution >= 0.6 is 0 Å². The number of fused-ring (bicyclic) bond motifs is 1. The first-order valence-corrected chi connectivity index (χ1v) is 8.15. The average Bonchev–Trinajstić information content (AvgIpc) is 2.92. The predicted octanol–water partition coefficient (Wildman–Crippen LogP) is 2.88. The molecule has 0 spiro atoms. The lowest BCUT2D eigenvalue weighted by Gasteiger charge is -2.19. The molecule has 0 atom stereocenters. The van der Waals surface area contributed by atoms with Gasteiger partial charge in [0.15, 0.2) is 5.65 Å². The second-order valence-electron chi connectivity index (χ2n) is 6.58. The zero-order valence-electron chi connectivity index (χ0n) is 14.6. The van der Waals surface area contributed by atoms with Crippen LogP contribution in [-0.4, -0.2) is 37.8 Å². The van der Waals surface area contributed by atoms with E-state index in [1.807, 2.05) is 55.7 Å². The zero-order chi connectivity index (χ0) is 17.9. The summed E-state index contributed by atoms with van der Waals surface area (Å²) in [4.78, 5) is 25.1. The molecule has 7 heteroatoms. The molecule has 25 heavy (non-hydrogen) atoms. The Morgan fingerprint density at radius 1 is 1.16 bits per heavy atom. The molecule has 0 unspecified atom stereocenters. The van der Waals surface area contributed by atoms with Crippen molar-refractivity contribution in [3.8, 4) is 5.82 Å².